The minimum atomic E-state index is 0.150. The van der Waals surface area contributed by atoms with Crippen molar-refractivity contribution in [2.24, 2.45) is 5.92 Å². The van der Waals surface area contributed by atoms with Gasteiger partial charge in [0.2, 0.25) is 5.91 Å². The van der Waals surface area contributed by atoms with Crippen LogP contribution in [0.15, 0.2) is 0 Å². The average molecular weight is 227 g/mol. The van der Waals surface area contributed by atoms with Gasteiger partial charge in [-0.15, -0.1) is 0 Å². The van der Waals surface area contributed by atoms with Crippen LogP contribution in [0.1, 0.15) is 6.42 Å². The topological polar surface area (TPSA) is 53.6 Å². The Labute approximate surface area is 96.5 Å². The van der Waals surface area contributed by atoms with E-state index in [1.54, 1.807) is 0 Å². The van der Waals surface area contributed by atoms with Crippen molar-refractivity contribution in [2.45, 2.75) is 12.5 Å². The smallest absolute Gasteiger partial charge is 0.224 e. The summed E-state index contributed by atoms with van der Waals surface area (Å²) in [5.74, 6) is 0.322. The Hall–Kier alpha value is -0.650. The zero-order valence-electron chi connectivity index (χ0n) is 9.87. The largest absolute Gasteiger partial charge is 0.374 e. The quantitative estimate of drug-likeness (QED) is 0.652. The second kappa shape index (κ2) is 5.61. The Balaban J connectivity index is 1.67. The number of nitrogens with one attached hydrogen (secondary N) is 2. The summed E-state index contributed by atoms with van der Waals surface area (Å²) in [6.07, 6.45) is 1.11. The van der Waals surface area contributed by atoms with Gasteiger partial charge in [-0.3, -0.25) is 4.79 Å². The van der Waals surface area contributed by atoms with Gasteiger partial charge in [0.15, 0.2) is 0 Å². The molecule has 2 atom stereocenters. The number of rotatable bonds is 3. The lowest BCUT2D eigenvalue weighted by Crippen LogP contribution is -2.47. The van der Waals surface area contributed by atoms with Crippen LogP contribution in [0.2, 0.25) is 0 Å². The highest BCUT2D eigenvalue weighted by Gasteiger charge is 2.24. The normalized spacial score (nSPS) is 31.6. The number of morpholine rings is 1. The van der Waals surface area contributed by atoms with E-state index in [2.05, 4.69) is 22.6 Å². The molecule has 1 amide bonds. The van der Waals surface area contributed by atoms with Crippen LogP contribution < -0.4 is 10.6 Å². The molecule has 0 aliphatic carbocycles. The molecule has 0 saturated carbocycles. The predicted molar refractivity (Wildman–Crippen MR) is 61.2 cm³/mol. The maximum Gasteiger partial charge on any atom is 0.224 e. The van der Waals surface area contributed by atoms with Crippen molar-refractivity contribution in [3.05, 3.63) is 0 Å². The monoisotopic (exact) mass is 227 g/mol. The van der Waals surface area contributed by atoms with E-state index in [9.17, 15) is 4.79 Å². The van der Waals surface area contributed by atoms with Crippen molar-refractivity contribution in [2.75, 3.05) is 46.4 Å². The molecular formula is C11H21N3O2. The molecule has 2 fully saturated rings. The molecule has 2 rings (SSSR count). The fourth-order valence-corrected chi connectivity index (χ4v) is 2.23. The Kier molecular flexibility index (Phi) is 4.15. The van der Waals surface area contributed by atoms with E-state index in [0.29, 0.717) is 6.54 Å². The van der Waals surface area contributed by atoms with Gasteiger partial charge in [0.1, 0.15) is 0 Å². The second-order valence-electron chi connectivity index (χ2n) is 4.69. The van der Waals surface area contributed by atoms with E-state index in [-0.39, 0.29) is 17.9 Å². The van der Waals surface area contributed by atoms with Gasteiger partial charge in [0, 0.05) is 26.2 Å². The van der Waals surface area contributed by atoms with Crippen molar-refractivity contribution in [1.29, 1.82) is 0 Å². The Morgan fingerprint density at radius 3 is 3.19 bits per heavy atom. The third-order valence-electron chi connectivity index (χ3n) is 3.28. The van der Waals surface area contributed by atoms with Crippen molar-refractivity contribution >= 4 is 5.91 Å². The van der Waals surface area contributed by atoms with Gasteiger partial charge in [-0.1, -0.05) is 0 Å². The highest BCUT2D eigenvalue weighted by molar-refractivity contribution is 5.79. The molecule has 0 spiro atoms. The van der Waals surface area contributed by atoms with Crippen LogP contribution in [0.4, 0.5) is 0 Å². The van der Waals surface area contributed by atoms with Crippen LogP contribution in [0, 0.1) is 5.92 Å². The van der Waals surface area contributed by atoms with Crippen LogP contribution >= 0.6 is 0 Å². The first-order chi connectivity index (χ1) is 7.75. The number of carbonyl (C=O) groups is 1. The Morgan fingerprint density at radius 1 is 1.62 bits per heavy atom. The molecule has 92 valence electrons. The highest BCUT2D eigenvalue weighted by Crippen LogP contribution is 2.07. The Bertz CT molecular complexity index is 241. The van der Waals surface area contributed by atoms with Crippen molar-refractivity contribution in [3.8, 4) is 0 Å². The Morgan fingerprint density at radius 2 is 2.50 bits per heavy atom. The summed E-state index contributed by atoms with van der Waals surface area (Å²) >= 11 is 0. The minimum absolute atomic E-state index is 0.150. The molecule has 2 aliphatic heterocycles. The highest BCUT2D eigenvalue weighted by atomic mass is 16.5. The summed E-state index contributed by atoms with van der Waals surface area (Å²) in [6, 6.07) is 0. The SMILES string of the molecule is CN1CCOC(CNC(=O)C2CCNC2)C1. The van der Waals surface area contributed by atoms with E-state index < -0.39 is 0 Å². The molecule has 0 radical (unpaired) electrons. The van der Waals surface area contributed by atoms with Crippen molar-refractivity contribution < 1.29 is 9.53 Å². The molecule has 0 aromatic heterocycles. The molecule has 5 heteroatoms. The third kappa shape index (κ3) is 3.17. The molecule has 2 unspecified atom stereocenters. The fraction of sp³-hybridized carbons (Fsp3) is 0.909. The molecule has 0 aromatic carbocycles. The van der Waals surface area contributed by atoms with E-state index in [1.165, 1.54) is 0 Å². The summed E-state index contributed by atoms with van der Waals surface area (Å²) in [5.41, 5.74) is 0. The molecule has 2 aliphatic rings. The molecule has 5 nitrogen and oxygen atoms in total. The predicted octanol–water partition coefficient (Wildman–Crippen LogP) is -0.957. The first kappa shape index (κ1) is 11.8. The summed E-state index contributed by atoms with van der Waals surface area (Å²) < 4.78 is 5.59. The number of likely N-dealkylation sites (N-methyl/N-ethyl adjacent to an activating group) is 1. The summed E-state index contributed by atoms with van der Waals surface area (Å²) in [4.78, 5) is 14.0. The van der Waals surface area contributed by atoms with Gasteiger partial charge in [0.05, 0.1) is 18.6 Å². The molecule has 16 heavy (non-hydrogen) atoms. The number of ether oxygens (including phenoxy) is 1. The first-order valence-corrected chi connectivity index (χ1v) is 6.04. The van der Waals surface area contributed by atoms with Gasteiger partial charge >= 0.3 is 0 Å². The standard InChI is InChI=1S/C11H21N3O2/c1-14-4-5-16-10(8-14)7-13-11(15)9-2-3-12-6-9/h9-10,12H,2-8H2,1H3,(H,13,15). The van der Waals surface area contributed by atoms with Crippen LogP contribution in [-0.2, 0) is 9.53 Å². The number of hydrogen-bond donors (Lipinski definition) is 2. The lowest BCUT2D eigenvalue weighted by atomic mass is 10.1. The van der Waals surface area contributed by atoms with Gasteiger partial charge in [-0.05, 0) is 20.0 Å². The number of amides is 1. The second-order valence-corrected chi connectivity index (χ2v) is 4.69. The maximum absolute atomic E-state index is 11.7. The van der Waals surface area contributed by atoms with Crippen LogP contribution in [0.5, 0.6) is 0 Å². The van der Waals surface area contributed by atoms with Crippen LogP contribution in [0.25, 0.3) is 0 Å². The molecule has 2 heterocycles. The molecule has 0 aromatic rings. The first-order valence-electron chi connectivity index (χ1n) is 6.04. The number of hydrogen-bond acceptors (Lipinski definition) is 4. The van der Waals surface area contributed by atoms with Gasteiger partial charge < -0.3 is 20.3 Å². The lowest BCUT2D eigenvalue weighted by Gasteiger charge is -2.30. The summed E-state index contributed by atoms with van der Waals surface area (Å²) in [6.45, 7) is 5.07. The number of carbonyl (C=O) groups excluding carboxylic acids is 1. The van der Waals surface area contributed by atoms with Crippen molar-refractivity contribution in [3.63, 3.8) is 0 Å². The third-order valence-corrected chi connectivity index (χ3v) is 3.28. The molecular weight excluding hydrogens is 206 g/mol. The van der Waals surface area contributed by atoms with Crippen molar-refractivity contribution in [1.82, 2.24) is 15.5 Å². The van der Waals surface area contributed by atoms with Gasteiger partial charge in [-0.2, -0.15) is 0 Å². The van der Waals surface area contributed by atoms with Gasteiger partial charge in [0.25, 0.3) is 0 Å². The van der Waals surface area contributed by atoms with E-state index in [4.69, 9.17) is 4.74 Å². The summed E-state index contributed by atoms with van der Waals surface area (Å²) in [5, 5.41) is 6.18. The van der Waals surface area contributed by atoms with Crippen LogP contribution in [-0.4, -0.2) is 63.3 Å². The zero-order chi connectivity index (χ0) is 11.4. The summed E-state index contributed by atoms with van der Waals surface area (Å²) in [7, 11) is 2.08. The van der Waals surface area contributed by atoms with E-state index in [1.807, 2.05) is 0 Å². The minimum Gasteiger partial charge on any atom is -0.374 e. The lowest BCUT2D eigenvalue weighted by molar-refractivity contribution is -0.125. The maximum atomic E-state index is 11.7. The number of nitrogens with zero attached hydrogens (tertiary/aromatic N) is 1. The zero-order valence-corrected chi connectivity index (χ0v) is 9.87. The van der Waals surface area contributed by atoms with E-state index >= 15 is 0 Å². The molecule has 2 saturated heterocycles. The fourth-order valence-electron chi connectivity index (χ4n) is 2.23. The van der Waals surface area contributed by atoms with Crippen LogP contribution in [0.3, 0.4) is 0 Å². The average Bonchev–Trinajstić information content (AvgIpc) is 2.79. The van der Waals surface area contributed by atoms with E-state index in [0.717, 1.165) is 39.2 Å². The molecule has 2 N–H and O–H groups in total. The molecule has 0 bridgehead atoms. The van der Waals surface area contributed by atoms with Gasteiger partial charge in [-0.25, -0.2) is 0 Å².